The monoisotopic (exact) mass is 302 g/mol. The fourth-order valence-corrected chi connectivity index (χ4v) is 2.84. The summed E-state index contributed by atoms with van der Waals surface area (Å²) >= 11 is 3.54. The van der Waals surface area contributed by atoms with Gasteiger partial charge >= 0.3 is 0 Å². The van der Waals surface area contributed by atoms with Gasteiger partial charge in [-0.3, -0.25) is 10.5 Å². The molecule has 2 rings (SSSR count). The molecule has 0 aromatic carbocycles. The van der Waals surface area contributed by atoms with Gasteiger partial charge in [-0.15, -0.1) is 0 Å². The molecule has 2 atom stereocenters. The molecule has 1 aliphatic rings. The molecular formula is C11H19BrN4O. The molecule has 1 aromatic heterocycles. The minimum Gasteiger partial charge on any atom is -0.376 e. The Morgan fingerprint density at radius 1 is 1.76 bits per heavy atom. The number of nitrogens with one attached hydrogen (secondary N) is 1. The van der Waals surface area contributed by atoms with E-state index in [1.54, 1.807) is 0 Å². The van der Waals surface area contributed by atoms with Crippen LogP contribution < -0.4 is 11.3 Å². The molecule has 0 saturated carbocycles. The van der Waals surface area contributed by atoms with Crippen LogP contribution in [0.3, 0.4) is 0 Å². The highest BCUT2D eigenvalue weighted by molar-refractivity contribution is 9.10. The van der Waals surface area contributed by atoms with E-state index in [4.69, 9.17) is 10.6 Å². The predicted molar refractivity (Wildman–Crippen MR) is 69.3 cm³/mol. The first kappa shape index (κ1) is 13.0. The zero-order chi connectivity index (χ0) is 12.3. The molecule has 1 saturated heterocycles. The highest BCUT2D eigenvalue weighted by atomic mass is 79.9. The van der Waals surface area contributed by atoms with Crippen LogP contribution in [0.25, 0.3) is 0 Å². The standard InChI is InChI=1S/C11H19BrN4O/c1-2-5-16-11(8(12)7-14-16)10(15-13)9-4-3-6-17-9/h7,9-10,15H,2-6,13H2,1H3. The van der Waals surface area contributed by atoms with Crippen LogP contribution >= 0.6 is 15.9 Å². The predicted octanol–water partition coefficient (Wildman–Crippen LogP) is 1.74. The Hall–Kier alpha value is -0.430. The highest BCUT2D eigenvalue weighted by Crippen LogP contribution is 2.31. The number of halogens is 1. The Morgan fingerprint density at radius 3 is 3.18 bits per heavy atom. The van der Waals surface area contributed by atoms with Gasteiger partial charge in [-0.2, -0.15) is 5.10 Å². The molecule has 0 amide bonds. The molecule has 3 N–H and O–H groups in total. The molecule has 2 heterocycles. The Morgan fingerprint density at radius 2 is 2.59 bits per heavy atom. The Balaban J connectivity index is 2.25. The fraction of sp³-hybridized carbons (Fsp3) is 0.727. The topological polar surface area (TPSA) is 65.1 Å². The summed E-state index contributed by atoms with van der Waals surface area (Å²) in [5.41, 5.74) is 3.95. The molecule has 0 radical (unpaired) electrons. The van der Waals surface area contributed by atoms with E-state index in [2.05, 4.69) is 33.4 Å². The summed E-state index contributed by atoms with van der Waals surface area (Å²) in [6, 6.07) is 0.000856. The van der Waals surface area contributed by atoms with E-state index in [9.17, 15) is 0 Å². The van der Waals surface area contributed by atoms with Gasteiger partial charge in [-0.1, -0.05) is 6.92 Å². The van der Waals surface area contributed by atoms with Crippen LogP contribution in [-0.4, -0.2) is 22.5 Å². The zero-order valence-corrected chi connectivity index (χ0v) is 11.6. The summed E-state index contributed by atoms with van der Waals surface area (Å²) in [7, 11) is 0. The van der Waals surface area contributed by atoms with Crippen molar-refractivity contribution in [1.29, 1.82) is 0 Å². The summed E-state index contributed by atoms with van der Waals surface area (Å²) in [6.07, 6.45) is 5.15. The van der Waals surface area contributed by atoms with Crippen molar-refractivity contribution in [2.75, 3.05) is 6.61 Å². The molecule has 2 unspecified atom stereocenters. The van der Waals surface area contributed by atoms with Crippen LogP contribution in [-0.2, 0) is 11.3 Å². The molecule has 1 aliphatic heterocycles. The van der Waals surface area contributed by atoms with Gasteiger partial charge < -0.3 is 4.74 Å². The lowest BCUT2D eigenvalue weighted by Gasteiger charge is -2.23. The summed E-state index contributed by atoms with van der Waals surface area (Å²) in [5, 5.41) is 4.36. The van der Waals surface area contributed by atoms with Crippen molar-refractivity contribution in [3.05, 3.63) is 16.4 Å². The number of nitrogens with two attached hydrogens (primary N) is 1. The smallest absolute Gasteiger partial charge is 0.0901 e. The molecule has 96 valence electrons. The van der Waals surface area contributed by atoms with Crippen LogP contribution in [0.4, 0.5) is 0 Å². The van der Waals surface area contributed by atoms with Crippen molar-refractivity contribution in [3.8, 4) is 0 Å². The van der Waals surface area contributed by atoms with Gasteiger partial charge in [0.25, 0.3) is 0 Å². The molecule has 17 heavy (non-hydrogen) atoms. The molecule has 1 fully saturated rings. The number of rotatable bonds is 5. The van der Waals surface area contributed by atoms with Gasteiger partial charge in [0, 0.05) is 13.2 Å². The van der Waals surface area contributed by atoms with Crippen molar-refractivity contribution < 1.29 is 4.74 Å². The van der Waals surface area contributed by atoms with E-state index >= 15 is 0 Å². The third-order valence-electron chi connectivity index (χ3n) is 3.08. The maximum absolute atomic E-state index is 5.71. The highest BCUT2D eigenvalue weighted by Gasteiger charge is 2.30. The van der Waals surface area contributed by atoms with Crippen LogP contribution in [0, 0.1) is 0 Å². The van der Waals surface area contributed by atoms with Crippen molar-refractivity contribution >= 4 is 15.9 Å². The maximum atomic E-state index is 5.71. The molecular weight excluding hydrogens is 284 g/mol. The largest absolute Gasteiger partial charge is 0.376 e. The van der Waals surface area contributed by atoms with Crippen LogP contribution in [0.15, 0.2) is 10.7 Å². The number of hydrogen-bond donors (Lipinski definition) is 2. The van der Waals surface area contributed by atoms with Gasteiger partial charge in [0.15, 0.2) is 0 Å². The van der Waals surface area contributed by atoms with E-state index in [0.29, 0.717) is 0 Å². The SMILES string of the molecule is CCCn1ncc(Br)c1C(NN)C1CCCO1. The second-order valence-electron chi connectivity index (χ2n) is 4.30. The van der Waals surface area contributed by atoms with Crippen molar-refractivity contribution in [2.24, 2.45) is 5.84 Å². The van der Waals surface area contributed by atoms with Gasteiger partial charge in [-0.05, 0) is 35.2 Å². The maximum Gasteiger partial charge on any atom is 0.0901 e. The normalized spacial score (nSPS) is 21.9. The average Bonchev–Trinajstić information content (AvgIpc) is 2.94. The number of nitrogens with zero attached hydrogens (tertiary/aromatic N) is 2. The number of ether oxygens (including phenoxy) is 1. The van der Waals surface area contributed by atoms with Crippen molar-refractivity contribution in [2.45, 2.75) is 44.9 Å². The first-order valence-electron chi connectivity index (χ1n) is 6.06. The van der Waals surface area contributed by atoms with E-state index in [1.807, 2.05) is 10.9 Å². The third kappa shape index (κ3) is 2.70. The van der Waals surface area contributed by atoms with Gasteiger partial charge in [0.2, 0.25) is 0 Å². The van der Waals surface area contributed by atoms with Gasteiger partial charge in [0.05, 0.1) is 28.5 Å². The molecule has 6 heteroatoms. The first-order valence-corrected chi connectivity index (χ1v) is 6.86. The third-order valence-corrected chi connectivity index (χ3v) is 3.69. The first-order chi connectivity index (χ1) is 8.27. The minimum atomic E-state index is 0.000856. The lowest BCUT2D eigenvalue weighted by atomic mass is 10.1. The quantitative estimate of drug-likeness (QED) is 0.642. The van der Waals surface area contributed by atoms with Crippen LogP contribution in [0.2, 0.25) is 0 Å². The van der Waals surface area contributed by atoms with E-state index in [1.165, 1.54) is 0 Å². The number of hydrogen-bond acceptors (Lipinski definition) is 4. The van der Waals surface area contributed by atoms with E-state index in [0.717, 1.165) is 42.6 Å². The summed E-state index contributed by atoms with van der Waals surface area (Å²) in [5.74, 6) is 5.69. The zero-order valence-electron chi connectivity index (χ0n) is 10.0. The van der Waals surface area contributed by atoms with E-state index in [-0.39, 0.29) is 12.1 Å². The molecule has 5 nitrogen and oxygen atoms in total. The summed E-state index contributed by atoms with van der Waals surface area (Å²) in [6.45, 7) is 3.85. The lowest BCUT2D eigenvalue weighted by Crippen LogP contribution is -2.38. The summed E-state index contributed by atoms with van der Waals surface area (Å²) in [4.78, 5) is 0. The van der Waals surface area contributed by atoms with Gasteiger partial charge in [0.1, 0.15) is 0 Å². The Kier molecular flexibility index (Phi) is 4.55. The molecule has 0 spiro atoms. The van der Waals surface area contributed by atoms with Gasteiger partial charge in [-0.25, -0.2) is 5.43 Å². The Bertz CT molecular complexity index is 362. The average molecular weight is 303 g/mol. The van der Waals surface area contributed by atoms with E-state index < -0.39 is 0 Å². The molecule has 0 bridgehead atoms. The molecule has 0 aliphatic carbocycles. The van der Waals surface area contributed by atoms with Crippen LogP contribution in [0.1, 0.15) is 37.9 Å². The number of aromatic nitrogens is 2. The van der Waals surface area contributed by atoms with Crippen LogP contribution in [0.5, 0.6) is 0 Å². The molecule has 1 aromatic rings. The second kappa shape index (κ2) is 5.95. The van der Waals surface area contributed by atoms with Crippen molar-refractivity contribution in [3.63, 3.8) is 0 Å². The Labute approximate surface area is 110 Å². The number of aryl methyl sites for hydroxylation is 1. The number of hydrazine groups is 1. The second-order valence-corrected chi connectivity index (χ2v) is 5.15. The summed E-state index contributed by atoms with van der Waals surface area (Å²) < 4.78 is 8.70. The lowest BCUT2D eigenvalue weighted by molar-refractivity contribution is 0.0752. The van der Waals surface area contributed by atoms with Crippen molar-refractivity contribution in [1.82, 2.24) is 15.2 Å². The fourth-order valence-electron chi connectivity index (χ4n) is 2.30. The minimum absolute atomic E-state index is 0.000856.